The Balaban J connectivity index is 4.08. The highest BCUT2D eigenvalue weighted by molar-refractivity contribution is 5.83. The van der Waals surface area contributed by atoms with E-state index in [1.54, 1.807) is 0 Å². The van der Waals surface area contributed by atoms with Crippen molar-refractivity contribution in [1.29, 1.82) is 0 Å². The lowest BCUT2D eigenvalue weighted by molar-refractivity contribution is -0.142. The molecule has 0 bridgehead atoms. The van der Waals surface area contributed by atoms with E-state index in [1.807, 2.05) is 18.9 Å². The number of hydrogen-bond donors (Lipinski definition) is 3. The van der Waals surface area contributed by atoms with E-state index in [2.05, 4.69) is 15.4 Å². The molecule has 0 rings (SSSR count). The number of amides is 2. The Hall–Kier alpha value is -1.83. The van der Waals surface area contributed by atoms with Gasteiger partial charge >= 0.3 is 18.0 Å². The molecule has 0 fully saturated rings. The van der Waals surface area contributed by atoms with Crippen LogP contribution in [0.3, 0.4) is 0 Å². The van der Waals surface area contributed by atoms with Crippen LogP contribution >= 0.6 is 0 Å². The first-order valence-electron chi connectivity index (χ1n) is 6.43. The summed E-state index contributed by atoms with van der Waals surface area (Å²) < 4.78 is 4.42. The average molecular weight is 289 g/mol. The third kappa shape index (κ3) is 8.30. The third-order valence-corrected chi connectivity index (χ3v) is 2.79. The number of methoxy groups -OCH3 is 1. The number of hydrogen-bond acceptors (Lipinski definition) is 5. The maximum atomic E-state index is 11.5. The van der Waals surface area contributed by atoms with Crippen LogP contribution in [0.2, 0.25) is 0 Å². The Morgan fingerprint density at radius 3 is 2.50 bits per heavy atom. The first-order chi connectivity index (χ1) is 9.40. The highest BCUT2D eigenvalue weighted by Gasteiger charge is 2.20. The molecule has 0 aromatic heterocycles. The van der Waals surface area contributed by atoms with Crippen molar-refractivity contribution in [3.63, 3.8) is 0 Å². The van der Waals surface area contributed by atoms with E-state index in [-0.39, 0.29) is 12.8 Å². The van der Waals surface area contributed by atoms with Gasteiger partial charge in [0, 0.05) is 19.5 Å². The maximum absolute atomic E-state index is 11.5. The molecule has 0 spiro atoms. The number of likely N-dealkylation sites (N-methyl/N-ethyl adjacent to an activating group) is 1. The highest BCUT2D eigenvalue weighted by Crippen LogP contribution is 1.99. The first-order valence-corrected chi connectivity index (χ1v) is 6.43. The molecule has 1 atom stereocenters. The van der Waals surface area contributed by atoms with Crippen LogP contribution in [-0.4, -0.2) is 67.8 Å². The van der Waals surface area contributed by atoms with E-state index in [0.29, 0.717) is 13.1 Å². The van der Waals surface area contributed by atoms with Crippen LogP contribution in [-0.2, 0) is 14.3 Å². The second-order valence-electron chi connectivity index (χ2n) is 4.30. The van der Waals surface area contributed by atoms with Gasteiger partial charge < -0.3 is 25.4 Å². The van der Waals surface area contributed by atoms with Crippen molar-refractivity contribution in [1.82, 2.24) is 15.5 Å². The molecule has 8 heteroatoms. The topological polar surface area (TPSA) is 108 Å². The van der Waals surface area contributed by atoms with Crippen molar-refractivity contribution in [3.05, 3.63) is 0 Å². The number of ether oxygens (including phenoxy) is 1. The van der Waals surface area contributed by atoms with Gasteiger partial charge in [-0.05, 0) is 20.0 Å². The summed E-state index contributed by atoms with van der Waals surface area (Å²) in [4.78, 5) is 35.4. The number of rotatable bonds is 9. The van der Waals surface area contributed by atoms with E-state index in [1.165, 1.54) is 7.11 Å². The lowest BCUT2D eigenvalue weighted by Crippen LogP contribution is -2.47. The molecular formula is C12H23N3O5. The fraction of sp³-hybridized carbons (Fsp3) is 0.750. The summed E-state index contributed by atoms with van der Waals surface area (Å²) in [6.07, 6.45) is -0.0728. The average Bonchev–Trinajstić information content (AvgIpc) is 2.42. The molecule has 0 aromatic carbocycles. The van der Waals surface area contributed by atoms with Gasteiger partial charge in [0.2, 0.25) is 0 Å². The largest absolute Gasteiger partial charge is 0.480 e. The second kappa shape index (κ2) is 10.0. The number of carbonyl (C=O) groups is 3. The zero-order valence-electron chi connectivity index (χ0n) is 12.1. The number of carboxylic acids is 1. The van der Waals surface area contributed by atoms with Gasteiger partial charge in [-0.25, -0.2) is 9.59 Å². The standard InChI is InChI=1S/C12H23N3O5/c1-4-15(2)8-7-13-12(19)14-9(11(17)18)5-6-10(16)20-3/h9H,4-8H2,1-3H3,(H,17,18)(H2,13,14,19)/t9-/m1/s1. The smallest absolute Gasteiger partial charge is 0.326 e. The molecular weight excluding hydrogens is 266 g/mol. The Morgan fingerprint density at radius 1 is 1.35 bits per heavy atom. The van der Waals surface area contributed by atoms with Crippen LogP contribution in [0.25, 0.3) is 0 Å². The van der Waals surface area contributed by atoms with Crippen molar-refractivity contribution in [2.75, 3.05) is 33.8 Å². The molecule has 0 radical (unpaired) electrons. The third-order valence-electron chi connectivity index (χ3n) is 2.79. The van der Waals surface area contributed by atoms with Crippen molar-refractivity contribution in [2.24, 2.45) is 0 Å². The Bertz CT molecular complexity index is 335. The molecule has 0 heterocycles. The van der Waals surface area contributed by atoms with Gasteiger partial charge in [0.1, 0.15) is 6.04 Å². The zero-order valence-corrected chi connectivity index (χ0v) is 12.1. The lowest BCUT2D eigenvalue weighted by Gasteiger charge is -2.17. The first kappa shape index (κ1) is 18.2. The molecule has 116 valence electrons. The Labute approximate surface area is 118 Å². The summed E-state index contributed by atoms with van der Waals surface area (Å²) in [7, 11) is 3.14. The van der Waals surface area contributed by atoms with Gasteiger partial charge in [0.25, 0.3) is 0 Å². The fourth-order valence-electron chi connectivity index (χ4n) is 1.35. The minimum Gasteiger partial charge on any atom is -0.480 e. The number of nitrogens with zero attached hydrogens (tertiary/aromatic N) is 1. The van der Waals surface area contributed by atoms with Crippen LogP contribution in [0.5, 0.6) is 0 Å². The van der Waals surface area contributed by atoms with Crippen molar-refractivity contribution in [2.45, 2.75) is 25.8 Å². The highest BCUT2D eigenvalue weighted by atomic mass is 16.5. The molecule has 0 saturated carbocycles. The van der Waals surface area contributed by atoms with Gasteiger partial charge in [0.05, 0.1) is 7.11 Å². The van der Waals surface area contributed by atoms with Gasteiger partial charge in [-0.15, -0.1) is 0 Å². The molecule has 0 aromatic rings. The number of esters is 1. The van der Waals surface area contributed by atoms with E-state index >= 15 is 0 Å². The number of nitrogens with one attached hydrogen (secondary N) is 2. The molecule has 8 nitrogen and oxygen atoms in total. The number of carbonyl (C=O) groups excluding carboxylic acids is 2. The molecule has 0 saturated heterocycles. The van der Waals surface area contributed by atoms with Crippen molar-refractivity contribution in [3.8, 4) is 0 Å². The quantitative estimate of drug-likeness (QED) is 0.500. The monoisotopic (exact) mass is 289 g/mol. The summed E-state index contributed by atoms with van der Waals surface area (Å²) >= 11 is 0. The SMILES string of the molecule is CCN(C)CCNC(=O)N[C@H](CCC(=O)OC)C(=O)O. The summed E-state index contributed by atoms with van der Waals surface area (Å²) in [6, 6.07) is -1.68. The number of carboxylic acid groups (broad SMARTS) is 1. The number of aliphatic carboxylic acids is 1. The summed E-state index contributed by atoms with van der Waals surface area (Å²) in [5.74, 6) is -1.70. The van der Waals surface area contributed by atoms with E-state index < -0.39 is 24.0 Å². The minimum atomic E-state index is -1.19. The predicted octanol–water partition coefficient (Wildman–Crippen LogP) is -0.356. The normalized spacial score (nSPS) is 11.8. The van der Waals surface area contributed by atoms with Crippen LogP contribution in [0.15, 0.2) is 0 Å². The van der Waals surface area contributed by atoms with E-state index in [9.17, 15) is 14.4 Å². The summed E-state index contributed by atoms with van der Waals surface area (Å²) in [5, 5.41) is 13.8. The Kier molecular flexibility index (Phi) is 9.10. The van der Waals surface area contributed by atoms with E-state index in [0.717, 1.165) is 6.54 Å². The molecule has 3 N–H and O–H groups in total. The van der Waals surface area contributed by atoms with Crippen LogP contribution < -0.4 is 10.6 Å². The van der Waals surface area contributed by atoms with Gasteiger partial charge in [-0.3, -0.25) is 4.79 Å². The molecule has 2 amide bonds. The van der Waals surface area contributed by atoms with Crippen molar-refractivity contribution >= 4 is 18.0 Å². The van der Waals surface area contributed by atoms with Crippen LogP contribution in [0, 0.1) is 0 Å². The maximum Gasteiger partial charge on any atom is 0.326 e. The van der Waals surface area contributed by atoms with Crippen molar-refractivity contribution < 1.29 is 24.2 Å². The molecule has 0 aliphatic heterocycles. The van der Waals surface area contributed by atoms with Gasteiger partial charge in [-0.2, -0.15) is 0 Å². The van der Waals surface area contributed by atoms with Crippen LogP contribution in [0.4, 0.5) is 4.79 Å². The molecule has 0 unspecified atom stereocenters. The fourth-order valence-corrected chi connectivity index (χ4v) is 1.35. The van der Waals surface area contributed by atoms with Gasteiger partial charge in [-0.1, -0.05) is 6.92 Å². The zero-order chi connectivity index (χ0) is 15.5. The summed E-state index contributed by atoms with van der Waals surface area (Å²) in [5.41, 5.74) is 0. The van der Waals surface area contributed by atoms with Crippen LogP contribution in [0.1, 0.15) is 19.8 Å². The predicted molar refractivity (Wildman–Crippen MR) is 72.4 cm³/mol. The molecule has 0 aliphatic carbocycles. The van der Waals surface area contributed by atoms with E-state index in [4.69, 9.17) is 5.11 Å². The lowest BCUT2D eigenvalue weighted by atomic mass is 10.1. The number of urea groups is 1. The van der Waals surface area contributed by atoms with Gasteiger partial charge in [0.15, 0.2) is 0 Å². The molecule has 0 aliphatic rings. The Morgan fingerprint density at radius 2 is 2.00 bits per heavy atom. The minimum absolute atomic E-state index is 0.00963. The molecule has 20 heavy (non-hydrogen) atoms. The summed E-state index contributed by atoms with van der Waals surface area (Å²) in [6.45, 7) is 3.94. The second-order valence-corrected chi connectivity index (χ2v) is 4.30.